The summed E-state index contributed by atoms with van der Waals surface area (Å²) in [6.45, 7) is 8.23. The summed E-state index contributed by atoms with van der Waals surface area (Å²) >= 11 is 0. The number of aldehydes is 2. The highest BCUT2D eigenvalue weighted by Gasteiger charge is 2.07. The lowest BCUT2D eigenvalue weighted by Gasteiger charge is -2.05. The van der Waals surface area contributed by atoms with E-state index in [4.69, 9.17) is 37.7 Å². The zero-order valence-corrected chi connectivity index (χ0v) is 48.5. The fourth-order valence-corrected chi connectivity index (χ4v) is 6.04. The number of Topliss-reactive ketones (excluding diaryl/α,β-unsaturated/α-hetero) is 4. The Kier molecular flexibility index (Phi) is 37.0. The van der Waals surface area contributed by atoms with Crippen LogP contribution in [0.4, 0.5) is 17.5 Å². The zero-order chi connectivity index (χ0) is 63.4. The second-order valence-corrected chi connectivity index (χ2v) is 17.1. The monoisotopic (exact) mass is 1170 g/mol. The molecule has 85 heavy (non-hydrogen) atoms. The van der Waals surface area contributed by atoms with Gasteiger partial charge in [-0.2, -0.15) is 5.10 Å². The van der Waals surface area contributed by atoms with Crippen LogP contribution in [0, 0.1) is 0 Å². The largest absolute Gasteiger partial charge is 0.469 e. The number of aromatic nitrogens is 3. The molecule has 0 atom stereocenters. The van der Waals surface area contributed by atoms with Gasteiger partial charge in [0.2, 0.25) is 0 Å². The number of anilines is 3. The van der Waals surface area contributed by atoms with Crippen molar-refractivity contribution in [3.8, 4) is 0 Å². The number of ketones is 4. The Bertz CT molecular complexity index is 3010. The predicted octanol–water partition coefficient (Wildman–Crippen LogP) is 5.62. The normalized spacial score (nSPS) is 10.2. The first kappa shape index (κ1) is 72.6. The number of unbranched alkanes of at least 4 members (excludes halogenated alkanes) is 2. The van der Waals surface area contributed by atoms with Crippen LogP contribution in [-0.4, -0.2) is 133 Å². The molecule has 6 rings (SSSR count). The topological polar surface area (TPSA) is 415 Å². The highest BCUT2D eigenvalue weighted by Crippen LogP contribution is 2.09. The maximum Gasteiger partial charge on any atom is 0.281 e. The number of pyridine rings is 3. The van der Waals surface area contributed by atoms with Crippen LogP contribution >= 0.6 is 0 Å². The average molecular weight is 1170 g/mol. The zero-order valence-electron chi connectivity index (χ0n) is 48.5. The van der Waals surface area contributed by atoms with Crippen molar-refractivity contribution in [1.29, 1.82) is 0 Å². The number of amides is 2. The van der Waals surface area contributed by atoms with Crippen LogP contribution in [0.2, 0.25) is 0 Å². The molecule has 0 bridgehead atoms. The molecular formula is C59H75N15O11. The van der Waals surface area contributed by atoms with Gasteiger partial charge < -0.3 is 47.5 Å². The second-order valence-electron chi connectivity index (χ2n) is 17.1. The first-order chi connectivity index (χ1) is 40.9. The van der Waals surface area contributed by atoms with Gasteiger partial charge in [-0.15, -0.1) is 0 Å². The van der Waals surface area contributed by atoms with E-state index in [9.17, 15) is 38.4 Å². The van der Waals surface area contributed by atoms with Gasteiger partial charge >= 0.3 is 0 Å². The number of nitrogen functional groups attached to an aromatic ring is 2. The predicted molar refractivity (Wildman–Crippen MR) is 328 cm³/mol. The number of aliphatic imine (C=N–C) groups is 2. The van der Waals surface area contributed by atoms with Crippen molar-refractivity contribution < 1.29 is 52.9 Å². The van der Waals surface area contributed by atoms with Gasteiger partial charge in [0.05, 0.1) is 20.4 Å². The number of nitrogens with two attached hydrogens (primary N) is 4. The summed E-state index contributed by atoms with van der Waals surface area (Å²) < 4.78 is 9.46. The number of hydrazone groups is 1. The van der Waals surface area contributed by atoms with E-state index in [-0.39, 0.29) is 47.0 Å². The summed E-state index contributed by atoms with van der Waals surface area (Å²) in [5.74, 6) is 11.5. The van der Waals surface area contributed by atoms with E-state index < -0.39 is 0 Å². The van der Waals surface area contributed by atoms with Gasteiger partial charge in [-0.3, -0.25) is 43.8 Å². The molecule has 3 aromatic carbocycles. The fourth-order valence-electron chi connectivity index (χ4n) is 6.04. The van der Waals surface area contributed by atoms with Crippen molar-refractivity contribution in [1.82, 2.24) is 25.6 Å². The van der Waals surface area contributed by atoms with Crippen LogP contribution < -0.4 is 50.1 Å². The van der Waals surface area contributed by atoms with Crippen LogP contribution in [0.5, 0.6) is 0 Å². The molecule has 452 valence electrons. The Morgan fingerprint density at radius 3 is 1.08 bits per heavy atom. The molecule has 26 nitrogen and oxygen atoms in total. The minimum absolute atomic E-state index is 0.000992. The van der Waals surface area contributed by atoms with Crippen LogP contribution in [0.3, 0.4) is 0 Å². The molecule has 3 aromatic heterocycles. The molecular weight excluding hydrogens is 1090 g/mol. The SMILES string of the molecule is CC(=O)c1ccc(C=O)cc1.CC(=O)c1ccc(NN)nc1.CC(=O)c1ccc(NN)nc1.CO.COC(N)=NCCCCNC(=O)c1ccc(/C=N/Nc2ccc(C(C)=O)cn2)cc1.COC(N)=NCCCCNC(=O)c1ccc(C=O)cc1. The van der Waals surface area contributed by atoms with E-state index in [1.54, 1.807) is 115 Å². The van der Waals surface area contributed by atoms with E-state index in [0.717, 1.165) is 50.9 Å². The van der Waals surface area contributed by atoms with Gasteiger partial charge in [-0.05, 0) is 120 Å². The van der Waals surface area contributed by atoms with Gasteiger partial charge in [-0.25, -0.2) is 36.6 Å². The summed E-state index contributed by atoms with van der Waals surface area (Å²) in [5, 5.41) is 16.8. The van der Waals surface area contributed by atoms with Gasteiger partial charge in [-0.1, -0.05) is 48.5 Å². The number of benzene rings is 3. The second kappa shape index (κ2) is 43.3. The maximum absolute atomic E-state index is 12.2. The molecule has 3 heterocycles. The highest BCUT2D eigenvalue weighted by molar-refractivity contribution is 5.97. The van der Waals surface area contributed by atoms with Crippen molar-refractivity contribution in [3.63, 3.8) is 0 Å². The molecule has 0 saturated heterocycles. The Balaban J connectivity index is 0.000000565. The number of aliphatic hydroxyl groups excluding tert-OH is 1. The lowest BCUT2D eigenvalue weighted by atomic mass is 10.1. The quantitative estimate of drug-likeness (QED) is 0.00707. The standard InChI is InChI=1S/C21H26N6O3.C14H19N3O3.C9H8O2.2C7H9N3O.CH4O/c1-15(28)18-9-10-19(25-14-18)27-26-13-16-5-7-17(8-6-16)20(29)23-11-3-4-12-24-21(22)30-2;1-20-14(15)17-9-3-2-8-16-13(19)12-6-4-11(10-18)5-7-12;1-7(11)9-4-2-8(6-10)3-5-9;2*1-5(11)6-2-3-7(10-8)9-4-6;1-2/h5-10,13-14H,3-4,11-12H2,1-2H3,(H2,22,24)(H,23,29)(H,25,27);4-7,10H,2-3,8-9H2,1H3,(H2,15,17)(H,16,19);2-6H,1H3;2*2-4H,8H2,1H3,(H,9,10);2H,1H3/b26-13+;;;;;. The Morgan fingerprint density at radius 1 is 0.471 bits per heavy atom. The molecule has 0 fully saturated rings. The molecule has 26 heteroatoms. The summed E-state index contributed by atoms with van der Waals surface area (Å²) in [7, 11) is 3.94. The number of hydrazine groups is 2. The van der Waals surface area contributed by atoms with Gasteiger partial charge in [0.15, 0.2) is 23.1 Å². The number of hydrogen-bond acceptors (Lipinski definition) is 22. The van der Waals surface area contributed by atoms with Crippen molar-refractivity contribution in [3.05, 3.63) is 178 Å². The minimum Gasteiger partial charge on any atom is -0.469 e. The van der Waals surface area contributed by atoms with Crippen LogP contribution in [0.25, 0.3) is 0 Å². The lowest BCUT2D eigenvalue weighted by molar-refractivity contribution is 0.0945. The molecule has 0 radical (unpaired) electrons. The lowest BCUT2D eigenvalue weighted by Crippen LogP contribution is -2.24. The van der Waals surface area contributed by atoms with Gasteiger partial charge in [0.25, 0.3) is 23.9 Å². The molecule has 6 aromatic rings. The maximum atomic E-state index is 12.2. The smallest absolute Gasteiger partial charge is 0.281 e. The van der Waals surface area contributed by atoms with Crippen molar-refractivity contribution in [2.75, 3.05) is 63.8 Å². The van der Waals surface area contributed by atoms with Gasteiger partial charge in [0.1, 0.15) is 30.0 Å². The molecule has 2 amide bonds. The molecule has 14 N–H and O–H groups in total. The van der Waals surface area contributed by atoms with E-state index in [1.807, 2.05) is 0 Å². The number of nitrogens with zero attached hydrogens (tertiary/aromatic N) is 6. The Morgan fingerprint density at radius 2 is 0.788 bits per heavy atom. The van der Waals surface area contributed by atoms with E-state index in [1.165, 1.54) is 60.5 Å². The third-order valence-electron chi connectivity index (χ3n) is 10.8. The number of methoxy groups -OCH3 is 2. The van der Waals surface area contributed by atoms with Crippen LogP contribution in [0.1, 0.15) is 142 Å². The van der Waals surface area contributed by atoms with Crippen molar-refractivity contribution in [2.24, 2.45) is 38.2 Å². The van der Waals surface area contributed by atoms with Gasteiger partial charge in [0, 0.05) is 96.4 Å². The van der Waals surface area contributed by atoms with E-state index in [0.29, 0.717) is 88.1 Å². The van der Waals surface area contributed by atoms with Crippen molar-refractivity contribution >= 4 is 83.2 Å². The molecule has 0 aliphatic heterocycles. The van der Waals surface area contributed by atoms with E-state index in [2.05, 4.69) is 56.9 Å². The number of nitrogens with one attached hydrogen (secondary N) is 5. The number of hydrogen-bond donors (Lipinski definition) is 10. The highest BCUT2D eigenvalue weighted by atomic mass is 16.5. The molecule has 0 spiro atoms. The first-order valence-corrected chi connectivity index (χ1v) is 25.9. The minimum atomic E-state index is -0.151. The first-order valence-electron chi connectivity index (χ1n) is 25.9. The molecule has 0 aliphatic rings. The summed E-state index contributed by atoms with van der Waals surface area (Å²) in [4.78, 5) is 108. The fraction of sp³-hybridized carbons (Fsp3) is 0.254. The van der Waals surface area contributed by atoms with Crippen LogP contribution in [-0.2, 0) is 9.47 Å². The molecule has 0 unspecified atom stereocenters. The Hall–Kier alpha value is -10.4. The third kappa shape index (κ3) is 31.4. The van der Waals surface area contributed by atoms with E-state index >= 15 is 0 Å². The molecule has 0 aliphatic carbocycles. The molecule has 0 saturated carbocycles. The van der Waals surface area contributed by atoms with Crippen molar-refractivity contribution in [2.45, 2.75) is 53.4 Å². The summed E-state index contributed by atoms with van der Waals surface area (Å²) in [6.07, 6.45) is 10.8. The number of amidine groups is 2. The number of carbonyl (C=O) groups excluding carboxylic acids is 8. The summed E-state index contributed by atoms with van der Waals surface area (Å²) in [6, 6.07) is 30.4. The van der Waals surface area contributed by atoms with Crippen LogP contribution in [0.15, 0.2) is 143 Å². The average Bonchev–Trinajstić information content (AvgIpc) is 3.56. The summed E-state index contributed by atoms with van der Waals surface area (Å²) in [5.41, 5.74) is 23.8. The Labute approximate surface area is 493 Å². The number of carbonyl (C=O) groups is 8. The number of ether oxygens (including phenoxy) is 2. The number of aliphatic hydroxyl groups is 1. The third-order valence-corrected chi connectivity index (χ3v) is 10.8. The number of rotatable bonds is 23.